The first-order valence-corrected chi connectivity index (χ1v) is 12.2. The van der Waals surface area contributed by atoms with Gasteiger partial charge in [-0.05, 0) is 66.9 Å². The highest BCUT2D eigenvalue weighted by Crippen LogP contribution is 2.21. The highest BCUT2D eigenvalue weighted by Gasteiger charge is 2.21. The molecule has 0 radical (unpaired) electrons. The van der Waals surface area contributed by atoms with Gasteiger partial charge in [0.25, 0.3) is 0 Å². The van der Waals surface area contributed by atoms with Gasteiger partial charge >= 0.3 is 0 Å². The highest BCUT2D eigenvalue weighted by molar-refractivity contribution is 7.89. The zero-order valence-corrected chi connectivity index (χ0v) is 19.1. The maximum absolute atomic E-state index is 12.4. The van der Waals surface area contributed by atoms with Gasteiger partial charge in [-0.3, -0.25) is 4.79 Å². The quantitative estimate of drug-likeness (QED) is 0.451. The van der Waals surface area contributed by atoms with E-state index < -0.39 is 10.0 Å². The summed E-state index contributed by atoms with van der Waals surface area (Å²) in [5.41, 5.74) is 1.61. The molecule has 0 aliphatic heterocycles. The molecule has 0 spiro atoms. The van der Waals surface area contributed by atoms with Crippen LogP contribution < -0.4 is 10.0 Å². The van der Waals surface area contributed by atoms with Gasteiger partial charge in [0, 0.05) is 11.6 Å². The Balaban J connectivity index is 0.000000218. The van der Waals surface area contributed by atoms with Gasteiger partial charge < -0.3 is 5.32 Å². The Hall–Kier alpha value is -3.18. The molecule has 4 rings (SSSR count). The maximum atomic E-state index is 12.4. The number of halogens is 1. The lowest BCUT2D eigenvalue weighted by atomic mass is 9.96. The number of rotatable bonds is 7. The number of sulfonamides is 1. The average molecular weight is 475 g/mol. The van der Waals surface area contributed by atoms with Gasteiger partial charge in [-0.2, -0.15) is 5.21 Å². The van der Waals surface area contributed by atoms with Gasteiger partial charge in [0.2, 0.25) is 22.3 Å². The Bertz CT molecular complexity index is 1100. The molecule has 33 heavy (non-hydrogen) atoms. The summed E-state index contributed by atoms with van der Waals surface area (Å²) >= 11 is 0. The van der Waals surface area contributed by atoms with Crippen molar-refractivity contribution in [3.63, 3.8) is 0 Å². The van der Waals surface area contributed by atoms with Crippen LogP contribution in [0.15, 0.2) is 53.4 Å². The molecule has 2 aromatic carbocycles. The van der Waals surface area contributed by atoms with E-state index in [4.69, 9.17) is 0 Å². The molecule has 1 fully saturated rings. The number of benzene rings is 2. The molecule has 0 unspecified atom stereocenters. The van der Waals surface area contributed by atoms with Crippen molar-refractivity contribution in [3.8, 4) is 11.4 Å². The highest BCUT2D eigenvalue weighted by atomic mass is 32.2. The fraction of sp³-hybridized carbons (Fsp3) is 0.364. The van der Waals surface area contributed by atoms with E-state index in [-0.39, 0.29) is 22.8 Å². The minimum absolute atomic E-state index is 0.0561. The van der Waals surface area contributed by atoms with E-state index in [0.29, 0.717) is 12.2 Å². The summed E-state index contributed by atoms with van der Waals surface area (Å²) in [7, 11) is -3.46. The van der Waals surface area contributed by atoms with Gasteiger partial charge in [0.15, 0.2) is 0 Å². The van der Waals surface area contributed by atoms with E-state index in [0.717, 1.165) is 36.8 Å². The number of hydrogen-bond acceptors (Lipinski definition) is 6. The van der Waals surface area contributed by atoms with Gasteiger partial charge in [0.05, 0.1) is 10.9 Å². The molecule has 1 aliphatic carbocycles. The van der Waals surface area contributed by atoms with Crippen molar-refractivity contribution in [1.82, 2.24) is 30.7 Å². The summed E-state index contributed by atoms with van der Waals surface area (Å²) in [6.07, 6.45) is 5.83. The van der Waals surface area contributed by atoms with E-state index in [1.165, 1.54) is 18.6 Å². The van der Waals surface area contributed by atoms with Gasteiger partial charge in [-0.15, -0.1) is 10.2 Å². The third-order valence-electron chi connectivity index (χ3n) is 5.38. The standard InChI is InChI=1S/C13H17N5O2S.C9H10FNO/c19-21(20,16-11-4-2-1-3-5-11)12-8-6-10(7-9-12)13-14-17-18-15-13;1-7(11-6-12)8-2-4-9(10)5-3-8/h6-9,11,16H,1-5H2,(H,14,15,17,18);2-7H,1H3,(H,11,12)/t;7-/m.1/s1. The maximum Gasteiger partial charge on any atom is 0.240 e. The fourth-order valence-corrected chi connectivity index (χ4v) is 4.83. The number of H-pyrrole nitrogens is 1. The van der Waals surface area contributed by atoms with E-state index in [9.17, 15) is 17.6 Å². The second-order valence-electron chi connectivity index (χ2n) is 7.77. The van der Waals surface area contributed by atoms with Crippen molar-refractivity contribution in [1.29, 1.82) is 0 Å². The summed E-state index contributed by atoms with van der Waals surface area (Å²) in [6, 6.07) is 12.5. The van der Waals surface area contributed by atoms with Crippen LogP contribution in [0.1, 0.15) is 50.6 Å². The third-order valence-corrected chi connectivity index (χ3v) is 6.92. The lowest BCUT2D eigenvalue weighted by Crippen LogP contribution is -2.36. The SMILES string of the molecule is C[C@@H](NC=O)c1ccc(F)cc1.O=S(=O)(NC1CCCCC1)c1ccc(-c2nn[nH]n2)cc1. The molecule has 0 bridgehead atoms. The van der Waals surface area contributed by atoms with Crippen LogP contribution in [-0.4, -0.2) is 41.5 Å². The summed E-state index contributed by atoms with van der Waals surface area (Å²) < 4.78 is 39.9. The molecule has 176 valence electrons. The number of aromatic nitrogens is 4. The Morgan fingerprint density at radius 3 is 2.30 bits per heavy atom. The number of carbonyl (C=O) groups excluding carboxylic acids is 1. The number of aromatic amines is 1. The van der Waals surface area contributed by atoms with Crippen LogP contribution in [0.4, 0.5) is 4.39 Å². The van der Waals surface area contributed by atoms with Crippen molar-refractivity contribution >= 4 is 16.4 Å². The van der Waals surface area contributed by atoms with Crippen LogP contribution in [0.2, 0.25) is 0 Å². The van der Waals surface area contributed by atoms with Crippen LogP contribution in [0.25, 0.3) is 11.4 Å². The van der Waals surface area contributed by atoms with Crippen molar-refractivity contribution in [2.24, 2.45) is 0 Å². The van der Waals surface area contributed by atoms with E-state index >= 15 is 0 Å². The number of hydrogen-bond donors (Lipinski definition) is 3. The fourth-order valence-electron chi connectivity index (χ4n) is 3.52. The predicted octanol–water partition coefficient (Wildman–Crippen LogP) is 3.11. The van der Waals surface area contributed by atoms with Crippen LogP contribution >= 0.6 is 0 Å². The number of carbonyl (C=O) groups is 1. The molecule has 3 aromatic rings. The molecule has 3 N–H and O–H groups in total. The van der Waals surface area contributed by atoms with Gasteiger partial charge in [0.1, 0.15) is 5.82 Å². The molecule has 1 atom stereocenters. The predicted molar refractivity (Wildman–Crippen MR) is 121 cm³/mol. The molecule has 0 saturated heterocycles. The minimum atomic E-state index is -3.46. The van der Waals surface area contributed by atoms with Gasteiger partial charge in [-0.25, -0.2) is 17.5 Å². The van der Waals surface area contributed by atoms with Crippen LogP contribution in [0.3, 0.4) is 0 Å². The second kappa shape index (κ2) is 11.6. The van der Waals surface area contributed by atoms with Crippen LogP contribution in [-0.2, 0) is 14.8 Å². The Kier molecular flexibility index (Phi) is 8.61. The van der Waals surface area contributed by atoms with Crippen LogP contribution in [0.5, 0.6) is 0 Å². The third kappa shape index (κ3) is 7.16. The zero-order valence-electron chi connectivity index (χ0n) is 18.2. The van der Waals surface area contributed by atoms with Crippen molar-refractivity contribution < 1.29 is 17.6 Å². The van der Waals surface area contributed by atoms with E-state index in [1.54, 1.807) is 36.4 Å². The molecule has 11 heteroatoms. The summed E-state index contributed by atoms with van der Waals surface area (Å²) in [6.45, 7) is 1.83. The Morgan fingerprint density at radius 2 is 1.73 bits per heavy atom. The monoisotopic (exact) mass is 474 g/mol. The minimum Gasteiger partial charge on any atom is -0.352 e. The summed E-state index contributed by atoms with van der Waals surface area (Å²) in [4.78, 5) is 10.3. The summed E-state index contributed by atoms with van der Waals surface area (Å²) in [5.74, 6) is 0.177. The smallest absolute Gasteiger partial charge is 0.240 e. The number of nitrogens with zero attached hydrogens (tertiary/aromatic N) is 3. The van der Waals surface area contributed by atoms with Gasteiger partial charge in [-0.1, -0.05) is 31.4 Å². The molecule has 9 nitrogen and oxygen atoms in total. The first kappa shape index (κ1) is 24.5. The normalized spacial score (nSPS) is 15.2. The van der Waals surface area contributed by atoms with E-state index in [2.05, 4.69) is 30.7 Å². The molecule has 1 aliphatic rings. The number of tetrazole rings is 1. The van der Waals surface area contributed by atoms with E-state index in [1.807, 2.05) is 6.92 Å². The molecule has 1 amide bonds. The molecule has 1 saturated carbocycles. The molecular formula is C22H27FN6O3S. The lowest BCUT2D eigenvalue weighted by Gasteiger charge is -2.22. The lowest BCUT2D eigenvalue weighted by molar-refractivity contribution is -0.110. The van der Waals surface area contributed by atoms with Crippen molar-refractivity contribution in [2.75, 3.05) is 0 Å². The Labute approximate surface area is 192 Å². The first-order valence-electron chi connectivity index (χ1n) is 10.7. The average Bonchev–Trinajstić information content (AvgIpc) is 3.36. The second-order valence-corrected chi connectivity index (χ2v) is 9.49. The number of nitrogens with one attached hydrogen (secondary N) is 3. The molecule has 1 aromatic heterocycles. The molecule has 1 heterocycles. The topological polar surface area (TPSA) is 130 Å². The summed E-state index contributed by atoms with van der Waals surface area (Å²) in [5, 5.41) is 16.1. The largest absolute Gasteiger partial charge is 0.352 e. The van der Waals surface area contributed by atoms with Crippen LogP contribution in [0, 0.1) is 5.82 Å². The zero-order chi connectivity index (χ0) is 23.7. The van der Waals surface area contributed by atoms with Crippen molar-refractivity contribution in [3.05, 3.63) is 59.9 Å². The Morgan fingerprint density at radius 1 is 1.06 bits per heavy atom. The molecular weight excluding hydrogens is 447 g/mol. The number of amides is 1. The first-order chi connectivity index (χ1) is 15.9. The van der Waals surface area contributed by atoms with Crippen molar-refractivity contribution in [2.45, 2.75) is 56.0 Å².